The Morgan fingerprint density at radius 3 is 2.50 bits per heavy atom. The molecule has 1 aliphatic rings. The quantitative estimate of drug-likeness (QED) is 0.747. The van der Waals surface area contributed by atoms with Crippen molar-refractivity contribution in [3.63, 3.8) is 0 Å². The molecule has 0 radical (unpaired) electrons. The van der Waals surface area contributed by atoms with Gasteiger partial charge in [0.1, 0.15) is 0 Å². The number of aliphatic hydroxyl groups is 1. The molecule has 0 spiro atoms. The number of hydrogen-bond acceptors (Lipinski definition) is 4. The molecule has 0 amide bonds. The molecule has 0 heterocycles. The van der Waals surface area contributed by atoms with Gasteiger partial charge in [-0.25, -0.2) is 8.42 Å². The predicted molar refractivity (Wildman–Crippen MR) is 65.1 cm³/mol. The lowest BCUT2D eigenvalue weighted by Gasteiger charge is -2.27. The molecule has 0 bridgehead atoms. The van der Waals surface area contributed by atoms with Crippen LogP contribution in [0.25, 0.3) is 0 Å². The first-order valence-corrected chi connectivity index (χ1v) is 7.75. The summed E-state index contributed by atoms with van der Waals surface area (Å²) in [5, 5.41) is 12.2. The molecule has 0 saturated heterocycles. The topological polar surface area (TPSA) is 66.4 Å². The molecule has 1 aliphatic carbocycles. The molecule has 16 heavy (non-hydrogen) atoms. The van der Waals surface area contributed by atoms with Crippen molar-refractivity contribution in [2.24, 2.45) is 5.41 Å². The minimum Gasteiger partial charge on any atom is -0.396 e. The molecule has 0 aromatic rings. The molecule has 2 atom stereocenters. The number of sulfone groups is 1. The first-order valence-electron chi connectivity index (χ1n) is 5.79. The lowest BCUT2D eigenvalue weighted by molar-refractivity contribution is 0.153. The zero-order valence-corrected chi connectivity index (χ0v) is 11.2. The number of rotatable bonds is 5. The summed E-state index contributed by atoms with van der Waals surface area (Å²) in [6.45, 7) is 4.69. The third-order valence-electron chi connectivity index (χ3n) is 3.27. The van der Waals surface area contributed by atoms with Crippen molar-refractivity contribution in [3.8, 4) is 0 Å². The summed E-state index contributed by atoms with van der Waals surface area (Å²) in [5.41, 5.74) is -0.190. The van der Waals surface area contributed by atoms with Gasteiger partial charge in [-0.05, 0) is 12.8 Å². The van der Waals surface area contributed by atoms with Gasteiger partial charge in [-0.3, -0.25) is 0 Å². The first-order chi connectivity index (χ1) is 7.26. The van der Waals surface area contributed by atoms with Crippen molar-refractivity contribution >= 4 is 9.84 Å². The van der Waals surface area contributed by atoms with E-state index in [1.54, 1.807) is 0 Å². The highest BCUT2D eigenvalue weighted by Crippen LogP contribution is 2.25. The van der Waals surface area contributed by atoms with Crippen molar-refractivity contribution in [3.05, 3.63) is 0 Å². The van der Waals surface area contributed by atoms with E-state index < -0.39 is 9.84 Å². The fourth-order valence-electron chi connectivity index (χ4n) is 2.14. The maximum Gasteiger partial charge on any atom is 0.151 e. The molecule has 1 rings (SSSR count). The molecule has 2 N–H and O–H groups in total. The molecule has 5 heteroatoms. The van der Waals surface area contributed by atoms with Gasteiger partial charge in [0.15, 0.2) is 9.84 Å². The second-order valence-electron chi connectivity index (χ2n) is 5.61. The van der Waals surface area contributed by atoms with Gasteiger partial charge in [0.25, 0.3) is 0 Å². The lowest BCUT2D eigenvalue weighted by Crippen LogP contribution is -2.44. The molecule has 0 aromatic heterocycles. The van der Waals surface area contributed by atoms with Crippen LogP contribution in [0.5, 0.6) is 0 Å². The normalized spacial score (nSPS) is 27.2. The van der Waals surface area contributed by atoms with Crippen LogP contribution in [0.4, 0.5) is 0 Å². The maximum absolute atomic E-state index is 11.5. The van der Waals surface area contributed by atoms with Gasteiger partial charge in [0, 0.05) is 30.9 Å². The molecule has 2 unspecified atom stereocenters. The minimum atomic E-state index is -2.95. The number of nitrogens with one attached hydrogen (secondary N) is 1. The summed E-state index contributed by atoms with van der Waals surface area (Å²) >= 11 is 0. The van der Waals surface area contributed by atoms with E-state index in [0.29, 0.717) is 6.54 Å². The summed E-state index contributed by atoms with van der Waals surface area (Å²) in [4.78, 5) is 0. The minimum absolute atomic E-state index is 0.0563. The highest BCUT2D eigenvalue weighted by molar-refractivity contribution is 7.91. The van der Waals surface area contributed by atoms with Crippen molar-refractivity contribution in [1.29, 1.82) is 0 Å². The van der Waals surface area contributed by atoms with Gasteiger partial charge in [-0.15, -0.1) is 0 Å². The summed E-state index contributed by atoms with van der Waals surface area (Å²) in [7, 11) is -2.95. The van der Waals surface area contributed by atoms with Gasteiger partial charge < -0.3 is 10.4 Å². The van der Waals surface area contributed by atoms with Crippen LogP contribution in [0.15, 0.2) is 0 Å². The van der Waals surface area contributed by atoms with Crippen LogP contribution in [0, 0.1) is 5.41 Å². The Balaban J connectivity index is 2.55. The summed E-state index contributed by atoms with van der Waals surface area (Å²) in [6, 6.07) is 0.0563. The molecule has 1 saturated carbocycles. The Morgan fingerprint density at radius 2 is 2.00 bits per heavy atom. The second-order valence-corrected chi connectivity index (χ2v) is 7.87. The fourth-order valence-corrected chi connectivity index (χ4v) is 3.56. The Hall–Kier alpha value is -0.130. The van der Waals surface area contributed by atoms with Crippen LogP contribution in [-0.4, -0.2) is 44.2 Å². The Bertz CT molecular complexity index is 324. The van der Waals surface area contributed by atoms with Crippen LogP contribution in [-0.2, 0) is 9.84 Å². The van der Waals surface area contributed by atoms with E-state index in [9.17, 15) is 8.42 Å². The number of aliphatic hydroxyl groups excluding tert-OH is 1. The molecule has 0 aliphatic heterocycles. The van der Waals surface area contributed by atoms with E-state index in [-0.39, 0.29) is 23.3 Å². The van der Waals surface area contributed by atoms with E-state index in [0.717, 1.165) is 19.3 Å². The highest BCUT2D eigenvalue weighted by atomic mass is 32.2. The van der Waals surface area contributed by atoms with E-state index in [1.807, 2.05) is 13.8 Å². The molecular weight excluding hydrogens is 226 g/mol. The predicted octanol–water partition coefficient (Wildman–Crippen LogP) is 0.560. The number of hydrogen-bond donors (Lipinski definition) is 2. The highest BCUT2D eigenvalue weighted by Gasteiger charge is 2.35. The van der Waals surface area contributed by atoms with Crippen LogP contribution in [0.1, 0.15) is 33.1 Å². The molecule has 1 fully saturated rings. The first kappa shape index (κ1) is 13.9. The van der Waals surface area contributed by atoms with E-state index in [2.05, 4.69) is 5.32 Å². The lowest BCUT2D eigenvalue weighted by atomic mass is 9.94. The average molecular weight is 249 g/mol. The van der Waals surface area contributed by atoms with Gasteiger partial charge in [-0.2, -0.15) is 0 Å². The Morgan fingerprint density at radius 1 is 1.38 bits per heavy atom. The molecule has 96 valence electrons. The zero-order chi connectivity index (χ0) is 12.4. The fraction of sp³-hybridized carbons (Fsp3) is 1.00. The Labute approximate surface area is 98.4 Å². The zero-order valence-electron chi connectivity index (χ0n) is 10.4. The summed E-state index contributed by atoms with van der Waals surface area (Å²) in [5.74, 6) is 0. The average Bonchev–Trinajstić information content (AvgIpc) is 2.62. The van der Waals surface area contributed by atoms with Crippen LogP contribution >= 0.6 is 0 Å². The SMILES string of the molecule is CC(C)(CO)CNC1CCCC1S(C)(=O)=O. The Kier molecular flexibility index (Phi) is 4.37. The standard InChI is InChI=1S/C11H23NO3S/c1-11(2,8-13)7-12-9-5-4-6-10(9)16(3,14)15/h9-10,12-13H,4-8H2,1-3H3. The van der Waals surface area contributed by atoms with Crippen LogP contribution in [0.2, 0.25) is 0 Å². The summed E-state index contributed by atoms with van der Waals surface area (Å²) in [6.07, 6.45) is 3.96. The van der Waals surface area contributed by atoms with Crippen molar-refractivity contribution in [1.82, 2.24) is 5.32 Å². The molecule has 0 aromatic carbocycles. The third kappa shape index (κ3) is 3.71. The van der Waals surface area contributed by atoms with Crippen LogP contribution in [0.3, 0.4) is 0 Å². The summed E-state index contributed by atoms with van der Waals surface area (Å²) < 4.78 is 23.1. The smallest absolute Gasteiger partial charge is 0.151 e. The molecule has 4 nitrogen and oxygen atoms in total. The molecular formula is C11H23NO3S. The van der Waals surface area contributed by atoms with Gasteiger partial charge >= 0.3 is 0 Å². The maximum atomic E-state index is 11.5. The monoisotopic (exact) mass is 249 g/mol. The van der Waals surface area contributed by atoms with Gasteiger partial charge in [0.05, 0.1) is 5.25 Å². The third-order valence-corrected chi connectivity index (χ3v) is 4.94. The van der Waals surface area contributed by atoms with E-state index in [1.165, 1.54) is 6.26 Å². The van der Waals surface area contributed by atoms with Gasteiger partial charge in [-0.1, -0.05) is 20.3 Å². The van der Waals surface area contributed by atoms with Crippen molar-refractivity contribution < 1.29 is 13.5 Å². The van der Waals surface area contributed by atoms with E-state index in [4.69, 9.17) is 5.11 Å². The van der Waals surface area contributed by atoms with Crippen molar-refractivity contribution in [2.45, 2.75) is 44.4 Å². The van der Waals surface area contributed by atoms with Gasteiger partial charge in [0.2, 0.25) is 0 Å². The van der Waals surface area contributed by atoms with Crippen molar-refractivity contribution in [2.75, 3.05) is 19.4 Å². The second kappa shape index (κ2) is 5.02. The van der Waals surface area contributed by atoms with E-state index >= 15 is 0 Å². The largest absolute Gasteiger partial charge is 0.396 e. The van der Waals surface area contributed by atoms with Crippen LogP contribution < -0.4 is 5.32 Å².